The minimum Gasteiger partial charge on any atom is -0.368 e. The largest absolute Gasteiger partial charge is 0.416 e. The Labute approximate surface area is 174 Å². The van der Waals surface area contributed by atoms with Crippen LogP contribution in [0.15, 0.2) is 36.9 Å². The molecule has 0 aliphatic carbocycles. The lowest BCUT2D eigenvalue weighted by molar-refractivity contribution is -0.137. The fraction of sp³-hybridized carbons (Fsp3) is 0.263. The number of benzene rings is 1. The van der Waals surface area contributed by atoms with Gasteiger partial charge in [0.05, 0.1) is 11.3 Å². The Balaban J connectivity index is 1.51. The summed E-state index contributed by atoms with van der Waals surface area (Å²) in [6.07, 6.45) is -1.68. The van der Waals surface area contributed by atoms with E-state index in [0.717, 1.165) is 17.5 Å². The minimum absolute atomic E-state index is 0.135. The summed E-state index contributed by atoms with van der Waals surface area (Å²) in [4.78, 5) is 24.4. The fourth-order valence-electron chi connectivity index (χ4n) is 2.67. The highest BCUT2D eigenvalue weighted by Gasteiger charge is 2.31. The van der Waals surface area contributed by atoms with Gasteiger partial charge in [-0.3, -0.25) is 4.57 Å². The van der Waals surface area contributed by atoms with Crippen molar-refractivity contribution in [3.05, 3.63) is 59.7 Å². The highest BCUT2D eigenvalue weighted by Crippen LogP contribution is 2.31. The molecule has 1 aromatic carbocycles. The normalized spacial score (nSPS) is 11.3. The predicted octanol–water partition coefficient (Wildman–Crippen LogP) is 3.67. The number of halogens is 4. The number of amides is 2. The van der Waals surface area contributed by atoms with E-state index >= 15 is 0 Å². The zero-order chi connectivity index (χ0) is 22.6. The molecule has 0 aliphatic heterocycles. The number of nitrogens with one attached hydrogen (secondary N) is 3. The van der Waals surface area contributed by atoms with Crippen molar-refractivity contribution in [2.24, 2.45) is 0 Å². The Morgan fingerprint density at radius 1 is 1.06 bits per heavy atom. The molecular formula is C19H19F4N7O. The van der Waals surface area contributed by atoms with Gasteiger partial charge >= 0.3 is 12.2 Å². The Morgan fingerprint density at radius 3 is 2.52 bits per heavy atom. The zero-order valence-electron chi connectivity index (χ0n) is 16.6. The quantitative estimate of drug-likeness (QED) is 0.404. The monoisotopic (exact) mass is 437 g/mol. The number of nitrogens with zero attached hydrogens (tertiary/aromatic N) is 4. The first-order valence-corrected chi connectivity index (χ1v) is 9.13. The summed E-state index contributed by atoms with van der Waals surface area (Å²) < 4.78 is 53.4. The summed E-state index contributed by atoms with van der Waals surface area (Å²) in [5.74, 6) is 0.0282. The topological polar surface area (TPSA) is 96.8 Å². The van der Waals surface area contributed by atoms with Gasteiger partial charge in [-0.05, 0) is 32.0 Å². The highest BCUT2D eigenvalue weighted by atomic mass is 19.4. The van der Waals surface area contributed by atoms with Gasteiger partial charge < -0.3 is 16.0 Å². The van der Waals surface area contributed by atoms with E-state index in [1.165, 1.54) is 6.33 Å². The maximum absolute atomic E-state index is 13.4. The lowest BCUT2D eigenvalue weighted by Gasteiger charge is -2.12. The Hall–Kier alpha value is -3.70. The lowest BCUT2D eigenvalue weighted by atomic mass is 10.2. The predicted molar refractivity (Wildman–Crippen MR) is 106 cm³/mol. The van der Waals surface area contributed by atoms with Crippen molar-refractivity contribution < 1.29 is 22.4 Å². The number of rotatable bonds is 6. The van der Waals surface area contributed by atoms with Crippen molar-refractivity contribution in [2.45, 2.75) is 20.0 Å². The molecule has 2 heterocycles. The summed E-state index contributed by atoms with van der Waals surface area (Å²) >= 11 is 0. The molecule has 0 saturated carbocycles. The van der Waals surface area contributed by atoms with E-state index in [9.17, 15) is 22.4 Å². The molecule has 0 spiro atoms. The van der Waals surface area contributed by atoms with Crippen LogP contribution in [0.3, 0.4) is 0 Å². The van der Waals surface area contributed by atoms with E-state index in [0.29, 0.717) is 23.8 Å². The van der Waals surface area contributed by atoms with Gasteiger partial charge in [-0.1, -0.05) is 0 Å². The van der Waals surface area contributed by atoms with Gasteiger partial charge in [-0.25, -0.2) is 24.1 Å². The maximum Gasteiger partial charge on any atom is 0.416 e. The lowest BCUT2D eigenvalue weighted by Crippen LogP contribution is -2.32. The maximum atomic E-state index is 13.4. The highest BCUT2D eigenvalue weighted by molar-refractivity contribution is 5.89. The van der Waals surface area contributed by atoms with Crippen molar-refractivity contribution >= 4 is 17.5 Å². The van der Waals surface area contributed by atoms with Crippen molar-refractivity contribution in [3.8, 4) is 5.82 Å². The van der Waals surface area contributed by atoms with Gasteiger partial charge in [0, 0.05) is 30.5 Å². The van der Waals surface area contributed by atoms with Crippen LogP contribution in [0.25, 0.3) is 5.82 Å². The number of hydrogen-bond donors (Lipinski definition) is 3. The number of anilines is 2. The number of alkyl halides is 3. The average Bonchev–Trinajstić information content (AvgIpc) is 3.03. The molecule has 0 atom stereocenters. The summed E-state index contributed by atoms with van der Waals surface area (Å²) in [7, 11) is 0. The Kier molecular flexibility index (Phi) is 6.37. The number of urea groups is 1. The molecule has 31 heavy (non-hydrogen) atoms. The molecule has 0 fully saturated rings. The molecule has 0 bridgehead atoms. The molecule has 2 aromatic heterocycles. The molecule has 3 rings (SSSR count). The van der Waals surface area contributed by atoms with Crippen LogP contribution in [-0.2, 0) is 6.18 Å². The van der Waals surface area contributed by atoms with E-state index in [-0.39, 0.29) is 18.8 Å². The first kappa shape index (κ1) is 22.0. The number of carbonyl (C=O) groups excluding carboxylic acids is 1. The summed E-state index contributed by atoms with van der Waals surface area (Å²) in [6.45, 7) is 4.21. The number of carbonyl (C=O) groups is 1. The van der Waals surface area contributed by atoms with E-state index in [1.54, 1.807) is 12.4 Å². The number of aromatic nitrogens is 4. The van der Waals surface area contributed by atoms with Crippen molar-refractivity contribution in [1.29, 1.82) is 0 Å². The second-order valence-corrected chi connectivity index (χ2v) is 6.58. The molecular weight excluding hydrogens is 418 g/mol. The van der Waals surface area contributed by atoms with E-state index < -0.39 is 23.6 Å². The van der Waals surface area contributed by atoms with Crippen molar-refractivity contribution in [2.75, 3.05) is 23.7 Å². The van der Waals surface area contributed by atoms with Crippen LogP contribution < -0.4 is 16.0 Å². The van der Waals surface area contributed by atoms with Gasteiger partial charge in [-0.2, -0.15) is 13.2 Å². The first-order valence-electron chi connectivity index (χ1n) is 9.13. The van der Waals surface area contributed by atoms with Crippen LogP contribution in [0.5, 0.6) is 0 Å². The third-order valence-corrected chi connectivity index (χ3v) is 4.35. The summed E-state index contributed by atoms with van der Waals surface area (Å²) in [6, 6.07) is 2.75. The average molecular weight is 437 g/mol. The van der Waals surface area contributed by atoms with Crippen LogP contribution in [-0.4, -0.2) is 38.6 Å². The SMILES string of the molecule is Cc1ncn(-c2cc(NCCNC(=O)Nc3cc(F)cc(C(F)(F)F)c3)ncn2)c1C. The van der Waals surface area contributed by atoms with Gasteiger partial charge in [-0.15, -0.1) is 0 Å². The van der Waals surface area contributed by atoms with E-state index in [2.05, 4.69) is 30.9 Å². The second-order valence-electron chi connectivity index (χ2n) is 6.58. The third kappa shape index (κ3) is 5.68. The molecule has 0 saturated heterocycles. The minimum atomic E-state index is -4.72. The fourth-order valence-corrected chi connectivity index (χ4v) is 2.67. The second kappa shape index (κ2) is 8.98. The molecule has 164 valence electrons. The summed E-state index contributed by atoms with van der Waals surface area (Å²) in [5, 5.41) is 7.64. The molecule has 0 aliphatic rings. The van der Waals surface area contributed by atoms with Gasteiger partial charge in [0.15, 0.2) is 0 Å². The van der Waals surface area contributed by atoms with Crippen LogP contribution >= 0.6 is 0 Å². The molecule has 0 radical (unpaired) electrons. The van der Waals surface area contributed by atoms with Gasteiger partial charge in [0.1, 0.15) is 30.1 Å². The van der Waals surface area contributed by atoms with Crippen LogP contribution in [0.2, 0.25) is 0 Å². The molecule has 8 nitrogen and oxygen atoms in total. The molecule has 0 unspecified atom stereocenters. The Morgan fingerprint density at radius 2 is 1.84 bits per heavy atom. The van der Waals surface area contributed by atoms with Gasteiger partial charge in [0.25, 0.3) is 0 Å². The first-order chi connectivity index (χ1) is 14.6. The zero-order valence-corrected chi connectivity index (χ0v) is 16.6. The number of aryl methyl sites for hydroxylation is 1. The Bertz CT molecular complexity index is 1080. The van der Waals surface area contributed by atoms with E-state index in [1.807, 2.05) is 18.4 Å². The molecule has 3 aromatic rings. The summed E-state index contributed by atoms with van der Waals surface area (Å²) in [5.41, 5.74) is 0.328. The van der Waals surface area contributed by atoms with Crippen molar-refractivity contribution in [1.82, 2.24) is 24.8 Å². The number of imidazole rings is 1. The van der Waals surface area contributed by atoms with E-state index in [4.69, 9.17) is 0 Å². The van der Waals surface area contributed by atoms with Crippen LogP contribution in [0.4, 0.5) is 33.9 Å². The van der Waals surface area contributed by atoms with Crippen molar-refractivity contribution in [3.63, 3.8) is 0 Å². The smallest absolute Gasteiger partial charge is 0.368 e. The van der Waals surface area contributed by atoms with Gasteiger partial charge in [0.2, 0.25) is 0 Å². The molecule has 3 N–H and O–H groups in total. The third-order valence-electron chi connectivity index (χ3n) is 4.35. The molecule has 2 amide bonds. The van der Waals surface area contributed by atoms with Crippen LogP contribution in [0.1, 0.15) is 17.0 Å². The number of hydrogen-bond acceptors (Lipinski definition) is 5. The van der Waals surface area contributed by atoms with Crippen LogP contribution in [0, 0.1) is 19.7 Å². The molecule has 12 heteroatoms. The standard InChI is InChI=1S/C19H19F4N7O/c1-11-12(2)30(10-28-11)17-8-16(26-9-27-17)24-3-4-25-18(31)29-15-6-13(19(21,22)23)5-14(20)7-15/h5-10H,3-4H2,1-2H3,(H,24,26,27)(H2,25,29,31).